The molecule has 0 radical (unpaired) electrons. The Labute approximate surface area is 220 Å². The molecule has 5 nitrogen and oxygen atoms in total. The molecule has 2 aromatic carbocycles. The number of aryl methyl sites for hydroxylation is 2. The molecule has 3 heterocycles. The van der Waals surface area contributed by atoms with E-state index in [1.807, 2.05) is 49.4 Å². The van der Waals surface area contributed by atoms with Crippen LogP contribution < -0.4 is 5.56 Å². The van der Waals surface area contributed by atoms with E-state index in [0.717, 1.165) is 51.4 Å². The van der Waals surface area contributed by atoms with E-state index in [0.29, 0.717) is 27.5 Å². The molecular formula is C26H22Cl2N4OS2. The van der Waals surface area contributed by atoms with Crippen molar-refractivity contribution in [3.63, 3.8) is 0 Å². The Morgan fingerprint density at radius 1 is 1.11 bits per heavy atom. The van der Waals surface area contributed by atoms with Gasteiger partial charge in [0, 0.05) is 10.6 Å². The number of benzene rings is 2. The van der Waals surface area contributed by atoms with Gasteiger partial charge >= 0.3 is 0 Å². The van der Waals surface area contributed by atoms with Crippen molar-refractivity contribution < 1.29 is 0 Å². The Balaban J connectivity index is 1.58. The van der Waals surface area contributed by atoms with Crippen LogP contribution in [0.5, 0.6) is 0 Å². The zero-order valence-corrected chi connectivity index (χ0v) is 22.4. The van der Waals surface area contributed by atoms with Gasteiger partial charge in [-0.3, -0.25) is 4.79 Å². The van der Waals surface area contributed by atoms with Gasteiger partial charge in [-0.25, -0.2) is 8.97 Å². The van der Waals surface area contributed by atoms with Gasteiger partial charge in [-0.05, 0) is 67.5 Å². The first-order chi connectivity index (χ1) is 16.9. The van der Waals surface area contributed by atoms with Gasteiger partial charge in [0.2, 0.25) is 5.78 Å². The summed E-state index contributed by atoms with van der Waals surface area (Å²) >= 11 is 15.6. The first-order valence-corrected chi connectivity index (χ1v) is 14.1. The number of hydrogen-bond donors (Lipinski definition) is 0. The van der Waals surface area contributed by atoms with E-state index in [9.17, 15) is 4.79 Å². The van der Waals surface area contributed by atoms with Crippen molar-refractivity contribution in [1.29, 1.82) is 0 Å². The summed E-state index contributed by atoms with van der Waals surface area (Å²) in [6.07, 6.45) is 3.26. The van der Waals surface area contributed by atoms with Crippen molar-refractivity contribution in [2.45, 2.75) is 49.9 Å². The Hall–Kier alpha value is -2.32. The van der Waals surface area contributed by atoms with Crippen LogP contribution in [0, 0.1) is 6.92 Å². The first-order valence-electron chi connectivity index (χ1n) is 11.5. The smallest absolute Gasteiger partial charge is 0.268 e. The van der Waals surface area contributed by atoms with Gasteiger partial charge in [0.25, 0.3) is 5.56 Å². The van der Waals surface area contributed by atoms with Gasteiger partial charge in [-0.2, -0.15) is 0 Å². The number of nitrogens with zero attached hydrogens (tertiary/aromatic N) is 4. The number of thiophene rings is 1. The fraction of sp³-hybridized carbons (Fsp3) is 0.269. The van der Waals surface area contributed by atoms with Crippen LogP contribution in [0.4, 0.5) is 0 Å². The van der Waals surface area contributed by atoms with Crippen LogP contribution in [0.3, 0.4) is 0 Å². The molecule has 0 aliphatic heterocycles. The zero-order chi connectivity index (χ0) is 24.3. The second-order valence-electron chi connectivity index (χ2n) is 9.04. The van der Waals surface area contributed by atoms with Crippen molar-refractivity contribution in [3.8, 4) is 5.69 Å². The summed E-state index contributed by atoms with van der Waals surface area (Å²) in [6, 6.07) is 13.6. The van der Waals surface area contributed by atoms with Crippen LogP contribution in [0.25, 0.3) is 21.7 Å². The summed E-state index contributed by atoms with van der Waals surface area (Å²) in [5.74, 6) is 1.55. The minimum atomic E-state index is -0.0176. The maximum atomic E-state index is 14.0. The fourth-order valence-electron chi connectivity index (χ4n) is 4.85. The molecule has 9 heteroatoms. The SMILES string of the molecule is Cc1ccc(-n2c(=O)c3c4c(sc3n3c(SCc5ccc(Cl)c(Cl)c5)nnc23)CCCC4C)cc1. The molecule has 178 valence electrons. The van der Waals surface area contributed by atoms with E-state index in [1.165, 1.54) is 10.4 Å². The average molecular weight is 542 g/mol. The monoisotopic (exact) mass is 540 g/mol. The number of hydrogen-bond acceptors (Lipinski definition) is 5. The quantitative estimate of drug-likeness (QED) is 0.222. The molecule has 0 spiro atoms. The summed E-state index contributed by atoms with van der Waals surface area (Å²) in [5.41, 5.74) is 4.17. The van der Waals surface area contributed by atoms with Gasteiger partial charge < -0.3 is 0 Å². The summed E-state index contributed by atoms with van der Waals surface area (Å²) in [7, 11) is 0. The molecule has 35 heavy (non-hydrogen) atoms. The molecule has 1 aliphatic carbocycles. The summed E-state index contributed by atoms with van der Waals surface area (Å²) < 4.78 is 3.78. The highest BCUT2D eigenvalue weighted by Gasteiger charge is 2.28. The maximum absolute atomic E-state index is 14.0. The molecule has 0 bridgehead atoms. The van der Waals surface area contributed by atoms with Gasteiger partial charge in [0.05, 0.1) is 21.1 Å². The van der Waals surface area contributed by atoms with E-state index >= 15 is 0 Å². The van der Waals surface area contributed by atoms with Gasteiger partial charge in [0.1, 0.15) is 4.83 Å². The molecule has 5 aromatic rings. The third-order valence-corrected chi connectivity index (χ3v) is 9.61. The third kappa shape index (κ3) is 3.89. The lowest BCUT2D eigenvalue weighted by Gasteiger charge is -2.18. The highest BCUT2D eigenvalue weighted by molar-refractivity contribution is 7.98. The lowest BCUT2D eigenvalue weighted by atomic mass is 9.88. The van der Waals surface area contributed by atoms with E-state index in [1.54, 1.807) is 27.7 Å². The Morgan fingerprint density at radius 3 is 2.69 bits per heavy atom. The highest BCUT2D eigenvalue weighted by atomic mass is 35.5. The number of halogens is 2. The molecule has 0 amide bonds. The van der Waals surface area contributed by atoms with Gasteiger partial charge in [-0.1, -0.05) is 65.7 Å². The van der Waals surface area contributed by atoms with Crippen molar-refractivity contribution >= 4 is 62.3 Å². The minimum Gasteiger partial charge on any atom is -0.268 e. The van der Waals surface area contributed by atoms with Crippen molar-refractivity contribution in [2.75, 3.05) is 0 Å². The minimum absolute atomic E-state index is 0.0176. The van der Waals surface area contributed by atoms with Crippen molar-refractivity contribution in [2.24, 2.45) is 0 Å². The normalized spacial score (nSPS) is 15.7. The van der Waals surface area contributed by atoms with Crippen LogP contribution in [0.1, 0.15) is 47.3 Å². The fourth-order valence-corrected chi connectivity index (χ4v) is 7.55. The van der Waals surface area contributed by atoms with Crippen LogP contribution in [-0.4, -0.2) is 19.2 Å². The highest BCUT2D eigenvalue weighted by Crippen LogP contribution is 2.42. The molecule has 1 unspecified atom stereocenters. The Kier molecular flexibility index (Phi) is 5.92. The maximum Gasteiger partial charge on any atom is 0.268 e. The molecule has 0 fully saturated rings. The first kappa shape index (κ1) is 23.1. The van der Waals surface area contributed by atoms with E-state index in [4.69, 9.17) is 23.2 Å². The van der Waals surface area contributed by atoms with Crippen LogP contribution in [0.15, 0.2) is 52.4 Å². The molecule has 0 N–H and O–H groups in total. The van der Waals surface area contributed by atoms with Crippen LogP contribution in [-0.2, 0) is 12.2 Å². The predicted molar refractivity (Wildman–Crippen MR) is 146 cm³/mol. The second kappa shape index (κ2) is 8.96. The summed E-state index contributed by atoms with van der Waals surface area (Å²) in [5, 5.41) is 11.7. The number of fused-ring (bicyclic) bond motifs is 5. The number of aromatic nitrogens is 4. The largest absolute Gasteiger partial charge is 0.268 e. The van der Waals surface area contributed by atoms with E-state index in [2.05, 4.69) is 21.5 Å². The lowest BCUT2D eigenvalue weighted by molar-refractivity contribution is 0.601. The van der Waals surface area contributed by atoms with Gasteiger partial charge in [0.15, 0.2) is 5.16 Å². The van der Waals surface area contributed by atoms with E-state index < -0.39 is 0 Å². The van der Waals surface area contributed by atoms with Crippen molar-refractivity contribution in [1.82, 2.24) is 19.2 Å². The molecule has 0 saturated heterocycles. The Morgan fingerprint density at radius 2 is 1.91 bits per heavy atom. The molecule has 1 atom stereocenters. The molecule has 3 aromatic heterocycles. The summed E-state index contributed by atoms with van der Waals surface area (Å²) in [6.45, 7) is 4.27. The molecule has 1 aliphatic rings. The zero-order valence-electron chi connectivity index (χ0n) is 19.2. The topological polar surface area (TPSA) is 52.2 Å². The Bertz CT molecular complexity index is 1650. The molecular weight excluding hydrogens is 519 g/mol. The molecule has 0 saturated carbocycles. The van der Waals surface area contributed by atoms with E-state index in [-0.39, 0.29) is 5.56 Å². The van der Waals surface area contributed by atoms with Gasteiger partial charge in [-0.15, -0.1) is 21.5 Å². The third-order valence-electron chi connectivity index (χ3n) is 6.62. The predicted octanol–water partition coefficient (Wildman–Crippen LogP) is 7.44. The average Bonchev–Trinajstić information content (AvgIpc) is 3.43. The van der Waals surface area contributed by atoms with Crippen LogP contribution in [0.2, 0.25) is 10.0 Å². The number of thioether (sulfide) groups is 1. The molecule has 6 rings (SSSR count). The number of rotatable bonds is 4. The summed E-state index contributed by atoms with van der Waals surface area (Å²) in [4.78, 5) is 16.3. The van der Waals surface area contributed by atoms with Crippen LogP contribution >= 0.6 is 46.3 Å². The standard InChI is InChI=1S/C26H22Cl2N4OS2/c1-14-6-9-17(10-7-14)31-23(33)22-21-15(2)4-3-5-20(21)35-24(22)32-25(31)29-30-26(32)34-13-16-8-11-18(27)19(28)12-16/h6-12,15H,3-5,13H2,1-2H3. The lowest BCUT2D eigenvalue weighted by Crippen LogP contribution is -2.22. The van der Waals surface area contributed by atoms with Crippen molar-refractivity contribution in [3.05, 3.63) is 84.4 Å². The second-order valence-corrected chi connectivity index (χ2v) is 11.9.